The van der Waals surface area contributed by atoms with Crippen LogP contribution in [0.3, 0.4) is 0 Å². The van der Waals surface area contributed by atoms with Crippen LogP contribution in [0.15, 0.2) is 18.2 Å². The molecule has 1 aromatic rings. The molecule has 5 nitrogen and oxygen atoms in total. The molecule has 0 spiro atoms. The number of nitrogens with two attached hydrogens (primary N) is 1. The number of likely N-dealkylation sites (tertiary alicyclic amines) is 1. The van der Waals surface area contributed by atoms with Gasteiger partial charge in [0.1, 0.15) is 5.75 Å². The van der Waals surface area contributed by atoms with Crippen LogP contribution in [-0.2, 0) is 0 Å². The first-order valence-electron chi connectivity index (χ1n) is 6.44. The van der Waals surface area contributed by atoms with Crippen molar-refractivity contribution >= 4 is 11.6 Å². The van der Waals surface area contributed by atoms with Crippen molar-refractivity contribution in [3.63, 3.8) is 0 Å². The molecule has 1 aromatic carbocycles. The predicted octanol–water partition coefficient (Wildman–Crippen LogP) is 1.12. The summed E-state index contributed by atoms with van der Waals surface area (Å²) in [4.78, 5) is 14.2. The van der Waals surface area contributed by atoms with E-state index in [1.807, 2.05) is 6.92 Å². The molecule has 2 unspecified atom stereocenters. The number of para-hydroxylation sites is 1. The lowest BCUT2D eigenvalue weighted by molar-refractivity contribution is 0.0649. The smallest absolute Gasteiger partial charge is 0.256 e. The molecule has 0 bridgehead atoms. The zero-order chi connectivity index (χ0) is 14.0. The minimum absolute atomic E-state index is 0.0171. The fraction of sp³-hybridized carbons (Fsp3) is 0.500. The van der Waals surface area contributed by atoms with Gasteiger partial charge in [-0.2, -0.15) is 0 Å². The van der Waals surface area contributed by atoms with Gasteiger partial charge in [0.25, 0.3) is 5.91 Å². The molecule has 3 N–H and O–H groups in total. The summed E-state index contributed by atoms with van der Waals surface area (Å²) in [5, 5.41) is 9.42. The lowest BCUT2D eigenvalue weighted by Crippen LogP contribution is -2.40. The number of ether oxygens (including phenoxy) is 1. The van der Waals surface area contributed by atoms with Gasteiger partial charge in [-0.15, -0.1) is 0 Å². The molecule has 0 saturated carbocycles. The van der Waals surface area contributed by atoms with Crippen LogP contribution in [0.2, 0.25) is 0 Å². The van der Waals surface area contributed by atoms with E-state index in [1.54, 1.807) is 23.1 Å². The lowest BCUT2D eigenvalue weighted by Gasteiger charge is -2.26. The topological polar surface area (TPSA) is 75.8 Å². The Morgan fingerprint density at radius 3 is 2.95 bits per heavy atom. The molecular weight excluding hydrogens is 244 g/mol. The number of benzene rings is 1. The Hall–Kier alpha value is -1.75. The highest BCUT2D eigenvalue weighted by molar-refractivity contribution is 6.00. The van der Waals surface area contributed by atoms with Gasteiger partial charge in [0.15, 0.2) is 0 Å². The summed E-state index contributed by atoms with van der Waals surface area (Å²) in [6, 6.07) is 5.04. The molecule has 1 fully saturated rings. The molecule has 0 radical (unpaired) electrons. The summed E-state index contributed by atoms with van der Waals surface area (Å²) >= 11 is 0. The van der Waals surface area contributed by atoms with E-state index in [0.29, 0.717) is 29.5 Å². The molecule has 1 aliphatic rings. The SMILES string of the molecule is COc1cccc(C(=O)N2CCC(C)C2CO)c1N. The Balaban J connectivity index is 2.30. The first-order valence-corrected chi connectivity index (χ1v) is 6.44. The van der Waals surface area contributed by atoms with E-state index in [1.165, 1.54) is 7.11 Å². The largest absolute Gasteiger partial charge is 0.495 e. The highest BCUT2D eigenvalue weighted by Gasteiger charge is 2.35. The highest BCUT2D eigenvalue weighted by atomic mass is 16.5. The van der Waals surface area contributed by atoms with Gasteiger partial charge in [-0.05, 0) is 24.5 Å². The summed E-state index contributed by atoms with van der Waals surface area (Å²) in [6.07, 6.45) is 0.904. The number of rotatable bonds is 3. The summed E-state index contributed by atoms with van der Waals surface area (Å²) in [7, 11) is 1.52. The highest BCUT2D eigenvalue weighted by Crippen LogP contribution is 2.30. The van der Waals surface area contributed by atoms with Crippen LogP contribution in [0.1, 0.15) is 23.7 Å². The van der Waals surface area contributed by atoms with Crippen LogP contribution in [0.25, 0.3) is 0 Å². The zero-order valence-corrected chi connectivity index (χ0v) is 11.3. The van der Waals surface area contributed by atoms with Crippen LogP contribution >= 0.6 is 0 Å². The number of hydrogen-bond donors (Lipinski definition) is 2. The normalized spacial score (nSPS) is 22.6. The number of carbonyl (C=O) groups is 1. The van der Waals surface area contributed by atoms with E-state index in [0.717, 1.165) is 6.42 Å². The maximum absolute atomic E-state index is 12.5. The van der Waals surface area contributed by atoms with Crippen LogP contribution < -0.4 is 10.5 Å². The van der Waals surface area contributed by atoms with Gasteiger partial charge in [-0.25, -0.2) is 0 Å². The number of nitrogens with zero attached hydrogens (tertiary/aromatic N) is 1. The number of aliphatic hydroxyl groups is 1. The number of methoxy groups -OCH3 is 1. The van der Waals surface area contributed by atoms with E-state index in [9.17, 15) is 9.90 Å². The summed E-state index contributed by atoms with van der Waals surface area (Å²) in [5.41, 5.74) is 6.74. The molecule has 1 amide bonds. The van der Waals surface area contributed by atoms with Crippen molar-refractivity contribution in [1.82, 2.24) is 4.90 Å². The molecule has 1 saturated heterocycles. The standard InChI is InChI=1S/C14H20N2O3/c1-9-6-7-16(11(9)8-17)14(18)10-4-3-5-12(19-2)13(10)15/h3-5,9,11,17H,6-8,15H2,1-2H3. The van der Waals surface area contributed by atoms with Gasteiger partial charge in [-0.3, -0.25) is 4.79 Å². The minimum Gasteiger partial charge on any atom is -0.495 e. The van der Waals surface area contributed by atoms with Crippen LogP contribution in [0, 0.1) is 5.92 Å². The van der Waals surface area contributed by atoms with Crippen molar-refractivity contribution in [2.75, 3.05) is 26.0 Å². The number of anilines is 1. The van der Waals surface area contributed by atoms with Gasteiger partial charge < -0.3 is 20.5 Å². The molecule has 1 aliphatic heterocycles. The number of aliphatic hydroxyl groups excluding tert-OH is 1. The van der Waals surface area contributed by atoms with E-state index in [-0.39, 0.29) is 18.6 Å². The van der Waals surface area contributed by atoms with Gasteiger partial charge >= 0.3 is 0 Å². The van der Waals surface area contributed by atoms with Gasteiger partial charge in [-0.1, -0.05) is 13.0 Å². The number of nitrogen functional groups attached to an aromatic ring is 1. The maximum atomic E-state index is 12.5. The molecular formula is C14H20N2O3. The van der Waals surface area contributed by atoms with Gasteiger partial charge in [0.2, 0.25) is 0 Å². The van der Waals surface area contributed by atoms with E-state index >= 15 is 0 Å². The van der Waals surface area contributed by atoms with E-state index < -0.39 is 0 Å². The first-order chi connectivity index (χ1) is 9.10. The van der Waals surface area contributed by atoms with E-state index in [4.69, 9.17) is 10.5 Å². The first kappa shape index (κ1) is 13.7. The molecule has 104 valence electrons. The monoisotopic (exact) mass is 264 g/mol. The summed E-state index contributed by atoms with van der Waals surface area (Å²) in [6.45, 7) is 2.68. The van der Waals surface area contributed by atoms with Crippen molar-refractivity contribution in [3.05, 3.63) is 23.8 Å². The minimum atomic E-state index is -0.139. The average Bonchev–Trinajstić information content (AvgIpc) is 2.79. The van der Waals surface area contributed by atoms with Crippen molar-refractivity contribution in [3.8, 4) is 5.75 Å². The third kappa shape index (κ3) is 2.38. The quantitative estimate of drug-likeness (QED) is 0.802. The van der Waals surface area contributed by atoms with Crippen LogP contribution in [0.5, 0.6) is 5.75 Å². The third-order valence-electron chi connectivity index (χ3n) is 3.85. The Bertz CT molecular complexity index is 476. The molecule has 5 heteroatoms. The Morgan fingerprint density at radius 2 is 2.32 bits per heavy atom. The number of carbonyl (C=O) groups excluding carboxylic acids is 1. The summed E-state index contributed by atoms with van der Waals surface area (Å²) in [5.74, 6) is 0.666. The number of hydrogen-bond acceptors (Lipinski definition) is 4. The summed E-state index contributed by atoms with van der Waals surface area (Å²) < 4.78 is 5.13. The predicted molar refractivity (Wildman–Crippen MR) is 73.1 cm³/mol. The van der Waals surface area contributed by atoms with Crippen molar-refractivity contribution < 1.29 is 14.6 Å². The Kier molecular flexibility index (Phi) is 3.95. The molecule has 2 atom stereocenters. The second-order valence-electron chi connectivity index (χ2n) is 4.94. The van der Waals surface area contributed by atoms with Crippen molar-refractivity contribution in [2.45, 2.75) is 19.4 Å². The molecule has 1 heterocycles. The second-order valence-corrected chi connectivity index (χ2v) is 4.94. The molecule has 0 aromatic heterocycles. The van der Waals surface area contributed by atoms with Gasteiger partial charge in [0.05, 0.1) is 31.0 Å². The zero-order valence-electron chi connectivity index (χ0n) is 11.3. The van der Waals surface area contributed by atoms with Gasteiger partial charge in [0, 0.05) is 6.54 Å². The second kappa shape index (κ2) is 5.48. The average molecular weight is 264 g/mol. The fourth-order valence-electron chi connectivity index (χ4n) is 2.60. The fourth-order valence-corrected chi connectivity index (χ4v) is 2.60. The third-order valence-corrected chi connectivity index (χ3v) is 3.85. The molecule has 19 heavy (non-hydrogen) atoms. The van der Waals surface area contributed by atoms with E-state index in [2.05, 4.69) is 0 Å². The molecule has 2 rings (SSSR count). The Labute approximate surface area is 113 Å². The number of amides is 1. The maximum Gasteiger partial charge on any atom is 0.256 e. The van der Waals surface area contributed by atoms with Crippen LogP contribution in [-0.4, -0.2) is 42.2 Å². The lowest BCUT2D eigenvalue weighted by atomic mass is 10.0. The Morgan fingerprint density at radius 1 is 1.58 bits per heavy atom. The van der Waals surface area contributed by atoms with Crippen LogP contribution in [0.4, 0.5) is 5.69 Å². The van der Waals surface area contributed by atoms with Crippen molar-refractivity contribution in [2.24, 2.45) is 5.92 Å². The van der Waals surface area contributed by atoms with Crippen molar-refractivity contribution in [1.29, 1.82) is 0 Å². The molecule has 0 aliphatic carbocycles.